The van der Waals surface area contributed by atoms with E-state index in [9.17, 15) is 18.3 Å². The number of nitrogens with zero attached hydrogens (tertiary/aromatic N) is 2. The molecule has 0 bridgehead atoms. The van der Waals surface area contributed by atoms with Crippen LogP contribution in [0.4, 0.5) is 19.0 Å². The lowest BCUT2D eigenvalue weighted by molar-refractivity contribution is -0.137. The predicted molar refractivity (Wildman–Crippen MR) is 107 cm³/mol. The molecule has 8 heteroatoms. The number of aromatic nitrogens is 1. The zero-order chi connectivity index (χ0) is 21.0. The first-order chi connectivity index (χ1) is 13.8. The Labute approximate surface area is 167 Å². The van der Waals surface area contributed by atoms with E-state index in [1.165, 1.54) is 6.92 Å². The summed E-state index contributed by atoms with van der Waals surface area (Å²) in [6.45, 7) is 2.99. The first-order valence-electron chi connectivity index (χ1n) is 9.50. The first kappa shape index (κ1) is 21.1. The van der Waals surface area contributed by atoms with Gasteiger partial charge in [-0.2, -0.15) is 13.2 Å². The molecule has 3 rings (SSSR count). The summed E-state index contributed by atoms with van der Waals surface area (Å²) in [6.07, 6.45) is 0.0569. The second-order valence-electron chi connectivity index (χ2n) is 7.04. The summed E-state index contributed by atoms with van der Waals surface area (Å²) in [4.78, 5) is 9.13. The van der Waals surface area contributed by atoms with Gasteiger partial charge in [0, 0.05) is 37.6 Å². The van der Waals surface area contributed by atoms with Gasteiger partial charge < -0.3 is 15.2 Å². The maximum atomic E-state index is 13.0. The fraction of sp³-hybridized carbons (Fsp3) is 0.429. The molecule has 1 aliphatic rings. The molecule has 1 unspecified atom stereocenters. The van der Waals surface area contributed by atoms with Crippen molar-refractivity contribution in [2.45, 2.75) is 38.4 Å². The number of benzene rings is 1. The summed E-state index contributed by atoms with van der Waals surface area (Å²) in [5.74, 6) is 0.0848. The smallest absolute Gasteiger partial charge is 0.416 e. The number of phenols is 1. The van der Waals surface area contributed by atoms with Crippen molar-refractivity contribution < 1.29 is 23.0 Å². The lowest BCUT2D eigenvalue weighted by Gasteiger charge is -2.14. The molecule has 2 heterocycles. The predicted octanol–water partition coefficient (Wildman–Crippen LogP) is 4.81. The summed E-state index contributed by atoms with van der Waals surface area (Å²) in [7, 11) is 1.71. The second-order valence-corrected chi connectivity index (χ2v) is 7.04. The number of aromatic hydroxyl groups is 1. The number of nitrogens with one attached hydrogen (secondary N) is 1. The van der Waals surface area contributed by atoms with Crippen LogP contribution in [0, 0.1) is 6.92 Å². The Balaban J connectivity index is 1.91. The first-order valence-corrected chi connectivity index (χ1v) is 9.50. The Hall–Kier alpha value is -2.61. The highest BCUT2D eigenvalue weighted by Crippen LogP contribution is 2.38. The standard InChI is InChI=1S/C21H24F3N3O2/c1-13-10-15(21(22,23)24)11-18(28)19(13)17-6-5-14(20(25-2)27-17)12-26-16-4-3-8-29-9-7-16/h5-6,10-12,16,28H,3-4,7-9H2,1-2H3,(H,25,27). The molecule has 0 amide bonds. The fourth-order valence-corrected chi connectivity index (χ4v) is 3.40. The highest BCUT2D eigenvalue weighted by molar-refractivity contribution is 5.87. The summed E-state index contributed by atoms with van der Waals surface area (Å²) >= 11 is 0. The van der Waals surface area contributed by atoms with Gasteiger partial charge in [0.05, 0.1) is 17.3 Å². The van der Waals surface area contributed by atoms with Crippen molar-refractivity contribution >= 4 is 12.0 Å². The Morgan fingerprint density at radius 3 is 2.72 bits per heavy atom. The Bertz CT molecular complexity index is 866. The lowest BCUT2D eigenvalue weighted by Crippen LogP contribution is -2.07. The molecule has 2 N–H and O–H groups in total. The van der Waals surface area contributed by atoms with E-state index < -0.39 is 17.5 Å². The number of aryl methyl sites for hydroxylation is 1. The van der Waals surface area contributed by atoms with Gasteiger partial charge in [-0.1, -0.05) is 0 Å². The minimum atomic E-state index is -4.52. The number of ether oxygens (including phenoxy) is 1. The highest BCUT2D eigenvalue weighted by atomic mass is 19.4. The summed E-state index contributed by atoms with van der Waals surface area (Å²) in [6, 6.07) is 5.41. The second kappa shape index (κ2) is 8.82. The summed E-state index contributed by atoms with van der Waals surface area (Å²) < 4.78 is 44.3. The van der Waals surface area contributed by atoms with E-state index in [4.69, 9.17) is 4.74 Å². The van der Waals surface area contributed by atoms with E-state index >= 15 is 0 Å². The van der Waals surface area contributed by atoms with Gasteiger partial charge in [0.1, 0.15) is 11.6 Å². The minimum absolute atomic E-state index is 0.197. The molecule has 5 nitrogen and oxygen atoms in total. The van der Waals surface area contributed by atoms with Crippen LogP contribution in [0.3, 0.4) is 0 Å². The molecule has 0 spiro atoms. The average Bonchev–Trinajstić information content (AvgIpc) is 2.94. The van der Waals surface area contributed by atoms with Crippen molar-refractivity contribution in [1.82, 2.24) is 4.98 Å². The maximum absolute atomic E-state index is 13.0. The number of phenolic OH excluding ortho intramolecular Hbond substituents is 1. The van der Waals surface area contributed by atoms with Gasteiger partial charge in [0.2, 0.25) is 0 Å². The van der Waals surface area contributed by atoms with Crippen LogP contribution in [0.25, 0.3) is 11.3 Å². The molecule has 0 aliphatic carbocycles. The van der Waals surface area contributed by atoms with Gasteiger partial charge in [0.25, 0.3) is 0 Å². The number of alkyl halides is 3. The molecular weight excluding hydrogens is 383 g/mol. The van der Waals surface area contributed by atoms with E-state index in [0.717, 1.165) is 43.6 Å². The molecule has 1 fully saturated rings. The monoisotopic (exact) mass is 407 g/mol. The molecule has 1 aromatic carbocycles. The molecule has 156 valence electrons. The van der Waals surface area contributed by atoms with Gasteiger partial charge >= 0.3 is 6.18 Å². The Morgan fingerprint density at radius 2 is 2.03 bits per heavy atom. The van der Waals surface area contributed by atoms with E-state index in [1.54, 1.807) is 25.4 Å². The van der Waals surface area contributed by atoms with E-state index in [-0.39, 0.29) is 11.6 Å². The fourth-order valence-electron chi connectivity index (χ4n) is 3.40. The van der Waals surface area contributed by atoms with Crippen molar-refractivity contribution in [2.75, 3.05) is 25.6 Å². The zero-order valence-corrected chi connectivity index (χ0v) is 16.4. The third-order valence-corrected chi connectivity index (χ3v) is 4.91. The zero-order valence-electron chi connectivity index (χ0n) is 16.4. The third-order valence-electron chi connectivity index (χ3n) is 4.91. The maximum Gasteiger partial charge on any atom is 0.416 e. The number of aliphatic imine (C=N–C) groups is 1. The summed E-state index contributed by atoms with van der Waals surface area (Å²) in [5.41, 5.74) is 0.843. The van der Waals surface area contributed by atoms with Gasteiger partial charge in [0.15, 0.2) is 0 Å². The van der Waals surface area contributed by atoms with E-state index in [2.05, 4.69) is 15.3 Å². The van der Waals surface area contributed by atoms with Gasteiger partial charge in [-0.25, -0.2) is 4.98 Å². The highest BCUT2D eigenvalue weighted by Gasteiger charge is 2.32. The van der Waals surface area contributed by atoms with Gasteiger partial charge in [-0.15, -0.1) is 0 Å². The van der Waals surface area contributed by atoms with Crippen LogP contribution in [0.1, 0.15) is 36.0 Å². The molecule has 1 aromatic heterocycles. The van der Waals surface area contributed by atoms with Crippen LogP contribution in [0.5, 0.6) is 5.75 Å². The normalized spacial score (nSPS) is 18.0. The molecule has 0 saturated carbocycles. The molecule has 1 saturated heterocycles. The van der Waals surface area contributed by atoms with Crippen molar-refractivity contribution in [3.63, 3.8) is 0 Å². The molecular formula is C21H24F3N3O2. The quantitative estimate of drug-likeness (QED) is 0.714. The van der Waals surface area contributed by atoms with Crippen molar-refractivity contribution in [1.29, 1.82) is 0 Å². The largest absolute Gasteiger partial charge is 0.507 e. The molecule has 1 atom stereocenters. The molecule has 1 aliphatic heterocycles. The van der Waals surface area contributed by atoms with Crippen LogP contribution in [-0.2, 0) is 10.9 Å². The van der Waals surface area contributed by atoms with Crippen LogP contribution in [0.2, 0.25) is 0 Å². The number of hydrogen-bond acceptors (Lipinski definition) is 5. The van der Waals surface area contributed by atoms with Crippen LogP contribution < -0.4 is 5.32 Å². The van der Waals surface area contributed by atoms with Gasteiger partial charge in [-0.05, 0) is 56.0 Å². The Morgan fingerprint density at radius 1 is 1.24 bits per heavy atom. The van der Waals surface area contributed by atoms with Crippen LogP contribution in [0.15, 0.2) is 29.3 Å². The van der Waals surface area contributed by atoms with Crippen molar-refractivity contribution in [3.8, 4) is 17.0 Å². The average molecular weight is 407 g/mol. The lowest BCUT2D eigenvalue weighted by atomic mass is 10.00. The van der Waals surface area contributed by atoms with Crippen molar-refractivity contribution in [3.05, 3.63) is 41.0 Å². The SMILES string of the molecule is CNc1nc(-c2c(C)cc(C(F)(F)F)cc2O)ccc1C=NC1CCCOCC1. The number of halogens is 3. The molecule has 0 radical (unpaired) electrons. The summed E-state index contributed by atoms with van der Waals surface area (Å²) in [5, 5.41) is 13.2. The number of rotatable bonds is 4. The van der Waals surface area contributed by atoms with Crippen LogP contribution in [-0.4, -0.2) is 42.6 Å². The van der Waals surface area contributed by atoms with E-state index in [1.807, 2.05) is 0 Å². The molecule has 2 aromatic rings. The number of pyridine rings is 1. The Kier molecular flexibility index (Phi) is 6.42. The third kappa shape index (κ3) is 5.06. The van der Waals surface area contributed by atoms with Gasteiger partial charge in [-0.3, -0.25) is 4.99 Å². The number of hydrogen-bond donors (Lipinski definition) is 2. The van der Waals surface area contributed by atoms with E-state index in [0.29, 0.717) is 23.7 Å². The number of anilines is 1. The minimum Gasteiger partial charge on any atom is -0.507 e. The molecule has 29 heavy (non-hydrogen) atoms. The topological polar surface area (TPSA) is 66.7 Å². The van der Waals surface area contributed by atoms with Crippen LogP contribution >= 0.6 is 0 Å². The van der Waals surface area contributed by atoms with Crippen molar-refractivity contribution in [2.24, 2.45) is 4.99 Å².